The molecule has 2 amide bonds. The highest BCUT2D eigenvalue weighted by molar-refractivity contribution is 9.18. The van der Waals surface area contributed by atoms with Crippen molar-refractivity contribution in [2.75, 3.05) is 18.9 Å². The Bertz CT molecular complexity index is 519. The molecule has 2 rings (SSSR count). The quantitative estimate of drug-likeness (QED) is 0.685. The lowest BCUT2D eigenvalue weighted by Crippen LogP contribution is -2.34. The van der Waals surface area contributed by atoms with Gasteiger partial charge in [0.2, 0.25) is 0 Å². The van der Waals surface area contributed by atoms with Gasteiger partial charge in [-0.1, -0.05) is 6.07 Å². The van der Waals surface area contributed by atoms with Crippen molar-refractivity contribution >= 4 is 32.3 Å². The van der Waals surface area contributed by atoms with E-state index in [1.165, 1.54) is 0 Å². The van der Waals surface area contributed by atoms with Gasteiger partial charge in [0.05, 0.1) is 5.69 Å². The number of ether oxygens (including phenoxy) is 1. The summed E-state index contributed by atoms with van der Waals surface area (Å²) < 4.78 is 5.48. The fraction of sp³-hybridized carbons (Fsp3) is 0.385. The van der Waals surface area contributed by atoms with Crippen molar-refractivity contribution in [1.29, 1.82) is 0 Å². The smallest absolute Gasteiger partial charge is 0.289 e. The van der Waals surface area contributed by atoms with E-state index >= 15 is 0 Å². The standard InChI is InChI=1S/C13H15BrN2O3/c1-8-12(17)15-10-7-9(3-4-11(10)19-8)5-6-16(2)13(14)18/h3-4,7-8H,5-6H2,1-2H3,(H,15,17). The minimum atomic E-state index is -0.462. The lowest BCUT2D eigenvalue weighted by atomic mass is 10.1. The van der Waals surface area contributed by atoms with E-state index in [0.29, 0.717) is 24.4 Å². The lowest BCUT2D eigenvalue weighted by Gasteiger charge is -2.24. The summed E-state index contributed by atoms with van der Waals surface area (Å²) in [4.78, 5) is 24.0. The van der Waals surface area contributed by atoms with Gasteiger partial charge in [0.15, 0.2) is 6.10 Å². The number of anilines is 1. The van der Waals surface area contributed by atoms with Crippen LogP contribution in [0.2, 0.25) is 0 Å². The van der Waals surface area contributed by atoms with Gasteiger partial charge in [-0.3, -0.25) is 9.59 Å². The molecule has 1 N–H and O–H groups in total. The third kappa shape index (κ3) is 3.26. The molecule has 1 unspecified atom stereocenters. The van der Waals surface area contributed by atoms with E-state index in [-0.39, 0.29) is 10.7 Å². The molecule has 6 heteroatoms. The summed E-state index contributed by atoms with van der Waals surface area (Å²) in [5.74, 6) is 0.540. The van der Waals surface area contributed by atoms with Gasteiger partial charge in [-0.25, -0.2) is 0 Å². The van der Waals surface area contributed by atoms with E-state index in [0.717, 1.165) is 5.56 Å². The third-order valence-corrected chi connectivity index (χ3v) is 3.62. The van der Waals surface area contributed by atoms with E-state index < -0.39 is 6.10 Å². The van der Waals surface area contributed by atoms with Gasteiger partial charge >= 0.3 is 0 Å². The van der Waals surface area contributed by atoms with Gasteiger partial charge in [-0.2, -0.15) is 0 Å². The summed E-state index contributed by atoms with van der Waals surface area (Å²) in [7, 11) is 1.72. The minimum Gasteiger partial charge on any atom is -0.479 e. The molecule has 0 aliphatic carbocycles. The highest BCUT2D eigenvalue weighted by Crippen LogP contribution is 2.30. The van der Waals surface area contributed by atoms with E-state index in [1.807, 2.05) is 18.2 Å². The maximum absolute atomic E-state index is 11.5. The summed E-state index contributed by atoms with van der Waals surface area (Å²) in [6.45, 7) is 2.32. The van der Waals surface area contributed by atoms with Crippen LogP contribution in [-0.2, 0) is 11.2 Å². The van der Waals surface area contributed by atoms with Gasteiger partial charge < -0.3 is 15.0 Å². The number of carbonyl (C=O) groups is 2. The van der Waals surface area contributed by atoms with Crippen LogP contribution in [0.4, 0.5) is 10.5 Å². The summed E-state index contributed by atoms with van der Waals surface area (Å²) in [5, 5.41) is 2.81. The van der Waals surface area contributed by atoms with Crippen LogP contribution in [0.5, 0.6) is 5.75 Å². The second kappa shape index (κ2) is 5.61. The molecule has 1 aliphatic heterocycles. The monoisotopic (exact) mass is 326 g/mol. The fourth-order valence-electron chi connectivity index (χ4n) is 1.80. The number of likely N-dealkylation sites (N-methyl/N-ethyl adjacent to an activating group) is 1. The molecular formula is C13H15BrN2O3. The van der Waals surface area contributed by atoms with Crippen LogP contribution in [0.1, 0.15) is 12.5 Å². The van der Waals surface area contributed by atoms with Gasteiger partial charge in [0.1, 0.15) is 5.75 Å². The second-order valence-electron chi connectivity index (χ2n) is 4.50. The Morgan fingerprint density at radius 1 is 1.53 bits per heavy atom. The fourth-order valence-corrected chi connectivity index (χ4v) is 1.97. The zero-order valence-electron chi connectivity index (χ0n) is 10.8. The number of nitrogens with zero attached hydrogens (tertiary/aromatic N) is 1. The Kier molecular flexibility index (Phi) is 4.09. The van der Waals surface area contributed by atoms with E-state index in [1.54, 1.807) is 18.9 Å². The number of hydrogen-bond donors (Lipinski definition) is 1. The maximum Gasteiger partial charge on any atom is 0.289 e. The molecule has 0 fully saturated rings. The average Bonchev–Trinajstić information content (AvgIpc) is 2.37. The molecule has 102 valence electrons. The zero-order chi connectivity index (χ0) is 14.0. The van der Waals surface area contributed by atoms with Gasteiger partial charge in [-0.15, -0.1) is 0 Å². The first kappa shape index (κ1) is 13.9. The van der Waals surface area contributed by atoms with E-state index in [4.69, 9.17) is 4.74 Å². The Hall–Kier alpha value is -1.56. The number of amides is 2. The number of fused-ring (bicyclic) bond motifs is 1. The molecule has 0 bridgehead atoms. The molecule has 0 spiro atoms. The molecule has 1 heterocycles. The zero-order valence-corrected chi connectivity index (χ0v) is 12.4. The van der Waals surface area contributed by atoms with Crippen molar-refractivity contribution in [2.45, 2.75) is 19.4 Å². The highest BCUT2D eigenvalue weighted by Gasteiger charge is 2.23. The molecule has 0 radical (unpaired) electrons. The molecule has 19 heavy (non-hydrogen) atoms. The molecular weight excluding hydrogens is 312 g/mol. The van der Waals surface area contributed by atoms with Crippen molar-refractivity contribution in [3.8, 4) is 5.75 Å². The number of nitrogens with one attached hydrogen (secondary N) is 1. The van der Waals surface area contributed by atoms with Gasteiger partial charge in [0.25, 0.3) is 10.7 Å². The molecule has 0 aromatic heterocycles. The van der Waals surface area contributed by atoms with Crippen LogP contribution in [0.3, 0.4) is 0 Å². The largest absolute Gasteiger partial charge is 0.479 e. The van der Waals surface area contributed by atoms with Crippen LogP contribution in [-0.4, -0.2) is 35.3 Å². The van der Waals surface area contributed by atoms with Crippen LogP contribution < -0.4 is 10.1 Å². The second-order valence-corrected chi connectivity index (χ2v) is 5.18. The number of carbonyl (C=O) groups excluding carboxylic acids is 2. The van der Waals surface area contributed by atoms with Gasteiger partial charge in [-0.05, 0) is 31.0 Å². The first-order valence-electron chi connectivity index (χ1n) is 5.98. The number of hydrogen-bond acceptors (Lipinski definition) is 3. The van der Waals surface area contributed by atoms with Crippen LogP contribution in [0, 0.1) is 0 Å². The van der Waals surface area contributed by atoms with Crippen molar-refractivity contribution in [3.63, 3.8) is 0 Å². The Morgan fingerprint density at radius 2 is 2.26 bits per heavy atom. The Balaban J connectivity index is 2.07. The van der Waals surface area contributed by atoms with Crippen molar-refractivity contribution in [1.82, 2.24) is 4.90 Å². The molecule has 1 aromatic carbocycles. The molecule has 1 atom stereocenters. The summed E-state index contributed by atoms with van der Waals surface area (Å²) in [6, 6.07) is 5.66. The number of rotatable bonds is 3. The van der Waals surface area contributed by atoms with E-state index in [2.05, 4.69) is 21.2 Å². The maximum atomic E-state index is 11.5. The molecule has 0 saturated heterocycles. The third-order valence-electron chi connectivity index (χ3n) is 3.01. The lowest BCUT2D eigenvalue weighted by molar-refractivity contribution is -0.122. The highest BCUT2D eigenvalue weighted by atomic mass is 79.9. The predicted molar refractivity (Wildman–Crippen MR) is 75.8 cm³/mol. The van der Waals surface area contributed by atoms with Crippen molar-refractivity contribution in [2.24, 2.45) is 0 Å². The van der Waals surface area contributed by atoms with Crippen molar-refractivity contribution in [3.05, 3.63) is 23.8 Å². The van der Waals surface area contributed by atoms with Crippen molar-refractivity contribution < 1.29 is 14.3 Å². The summed E-state index contributed by atoms with van der Waals surface area (Å²) >= 11 is 2.90. The van der Waals surface area contributed by atoms with Crippen LogP contribution >= 0.6 is 15.9 Å². The molecule has 0 saturated carbocycles. The average molecular weight is 327 g/mol. The van der Waals surface area contributed by atoms with E-state index in [9.17, 15) is 9.59 Å². The summed E-state index contributed by atoms with van der Waals surface area (Å²) in [6.07, 6.45) is 0.252. The Morgan fingerprint density at radius 3 is 2.95 bits per heavy atom. The summed E-state index contributed by atoms with van der Waals surface area (Å²) in [5.41, 5.74) is 1.73. The topological polar surface area (TPSA) is 58.6 Å². The SMILES string of the molecule is CC1Oc2ccc(CCN(C)C(=O)Br)cc2NC1=O. The first-order valence-corrected chi connectivity index (χ1v) is 6.77. The normalized spacial score (nSPS) is 17.2. The Labute approximate surface area is 120 Å². The predicted octanol–water partition coefficient (Wildman–Crippen LogP) is 2.40. The first-order chi connectivity index (χ1) is 8.97. The minimum absolute atomic E-state index is 0.141. The van der Waals surface area contributed by atoms with Crippen LogP contribution in [0.15, 0.2) is 18.2 Å². The molecule has 1 aliphatic rings. The van der Waals surface area contributed by atoms with Crippen LogP contribution in [0.25, 0.3) is 0 Å². The number of halogens is 1. The van der Waals surface area contributed by atoms with Gasteiger partial charge in [0, 0.05) is 29.5 Å². The number of benzene rings is 1. The molecule has 5 nitrogen and oxygen atoms in total. The molecule has 1 aromatic rings.